The molecule has 0 heterocycles. The van der Waals surface area contributed by atoms with Crippen LogP contribution in [0.5, 0.6) is 5.75 Å². The third-order valence-electron chi connectivity index (χ3n) is 2.80. The number of para-hydroxylation sites is 1. The minimum atomic E-state index is -4.98. The lowest BCUT2D eigenvalue weighted by Gasteiger charge is -2.15. The molecule has 9 heteroatoms. The van der Waals surface area contributed by atoms with Crippen molar-refractivity contribution in [2.75, 3.05) is 4.72 Å². The first kappa shape index (κ1) is 17.9. The molecule has 0 fully saturated rings. The third kappa shape index (κ3) is 4.74. The van der Waals surface area contributed by atoms with Gasteiger partial charge in [-0.05, 0) is 65.4 Å². The van der Waals surface area contributed by atoms with Gasteiger partial charge in [0, 0.05) is 3.57 Å². The van der Waals surface area contributed by atoms with Crippen molar-refractivity contribution in [1.82, 2.24) is 0 Å². The van der Waals surface area contributed by atoms with E-state index < -0.39 is 27.0 Å². The van der Waals surface area contributed by atoms with Crippen molar-refractivity contribution in [3.8, 4) is 5.75 Å². The predicted octanol–water partition coefficient (Wildman–Crippen LogP) is 4.30. The fourth-order valence-corrected chi connectivity index (χ4v) is 3.73. The molecular formula is C14H11F3INO3S. The molecule has 0 aliphatic carbocycles. The van der Waals surface area contributed by atoms with Crippen molar-refractivity contribution in [2.45, 2.75) is 18.2 Å². The van der Waals surface area contributed by atoms with Crippen LogP contribution in [0.2, 0.25) is 0 Å². The van der Waals surface area contributed by atoms with Gasteiger partial charge in [-0.2, -0.15) is 0 Å². The van der Waals surface area contributed by atoms with E-state index in [0.717, 1.165) is 15.7 Å². The first-order chi connectivity index (χ1) is 10.6. The highest BCUT2D eigenvalue weighted by Crippen LogP contribution is 2.31. The number of nitrogens with one attached hydrogen (secondary N) is 1. The highest BCUT2D eigenvalue weighted by Gasteiger charge is 2.34. The summed E-state index contributed by atoms with van der Waals surface area (Å²) in [6, 6.07) is 9.55. The summed E-state index contributed by atoms with van der Waals surface area (Å²) in [6.45, 7) is 1.69. The van der Waals surface area contributed by atoms with Crippen LogP contribution in [0.3, 0.4) is 0 Å². The topological polar surface area (TPSA) is 55.4 Å². The number of hydrogen-bond donors (Lipinski definition) is 1. The summed E-state index contributed by atoms with van der Waals surface area (Å²) in [5.41, 5.74) is 0.932. The van der Waals surface area contributed by atoms with Gasteiger partial charge in [-0.15, -0.1) is 13.2 Å². The molecule has 1 N–H and O–H groups in total. The van der Waals surface area contributed by atoms with Gasteiger partial charge in [0.25, 0.3) is 10.0 Å². The van der Waals surface area contributed by atoms with Crippen molar-refractivity contribution < 1.29 is 26.3 Å². The van der Waals surface area contributed by atoms with Crippen LogP contribution >= 0.6 is 22.6 Å². The molecule has 0 unspecified atom stereocenters. The number of anilines is 1. The Kier molecular flexibility index (Phi) is 5.09. The summed E-state index contributed by atoms with van der Waals surface area (Å²) in [4.78, 5) is -0.588. The second-order valence-electron chi connectivity index (χ2n) is 4.56. The second-order valence-corrected chi connectivity index (χ2v) is 7.46. The van der Waals surface area contributed by atoms with Gasteiger partial charge in [-0.1, -0.05) is 12.1 Å². The van der Waals surface area contributed by atoms with Crippen molar-refractivity contribution >= 4 is 38.3 Å². The molecule has 0 bridgehead atoms. The van der Waals surface area contributed by atoms with Crippen LogP contribution in [-0.2, 0) is 10.0 Å². The number of aryl methyl sites for hydroxylation is 1. The highest BCUT2D eigenvalue weighted by atomic mass is 127. The van der Waals surface area contributed by atoms with Crippen molar-refractivity contribution in [1.29, 1.82) is 0 Å². The Balaban J connectivity index is 2.40. The summed E-state index contributed by atoms with van der Waals surface area (Å²) in [5.74, 6) is -0.782. The van der Waals surface area contributed by atoms with E-state index in [0.29, 0.717) is 5.56 Å². The van der Waals surface area contributed by atoms with E-state index in [1.165, 1.54) is 12.1 Å². The summed E-state index contributed by atoms with van der Waals surface area (Å²) < 4.78 is 69.0. The van der Waals surface area contributed by atoms with Gasteiger partial charge in [0.2, 0.25) is 0 Å². The number of halogens is 4. The quantitative estimate of drug-likeness (QED) is 0.697. The first-order valence-electron chi connectivity index (χ1n) is 6.22. The molecule has 0 saturated heterocycles. The van der Waals surface area contributed by atoms with Gasteiger partial charge in [0.05, 0.1) is 5.69 Å². The van der Waals surface area contributed by atoms with Gasteiger partial charge in [-0.3, -0.25) is 4.72 Å². The number of benzene rings is 2. The van der Waals surface area contributed by atoms with Crippen LogP contribution in [0.15, 0.2) is 47.4 Å². The zero-order valence-electron chi connectivity index (χ0n) is 11.7. The molecule has 2 aromatic rings. The number of ether oxygens (including phenoxy) is 1. The van der Waals surface area contributed by atoms with E-state index in [4.69, 9.17) is 0 Å². The zero-order chi connectivity index (χ0) is 17.3. The molecule has 0 radical (unpaired) electrons. The van der Waals surface area contributed by atoms with Crippen LogP contribution in [0.1, 0.15) is 5.56 Å². The average molecular weight is 457 g/mol. The molecule has 0 atom stereocenters. The summed E-state index contributed by atoms with van der Waals surface area (Å²) in [6.07, 6.45) is -4.98. The fraction of sp³-hybridized carbons (Fsp3) is 0.143. The smallest absolute Gasteiger partial charge is 0.404 e. The molecule has 23 heavy (non-hydrogen) atoms. The molecule has 124 valence electrons. The van der Waals surface area contributed by atoms with E-state index in [2.05, 4.69) is 32.0 Å². The maximum Gasteiger partial charge on any atom is 0.573 e. The van der Waals surface area contributed by atoms with E-state index in [1.54, 1.807) is 25.1 Å². The zero-order valence-corrected chi connectivity index (χ0v) is 14.7. The maximum atomic E-state index is 12.4. The van der Waals surface area contributed by atoms with Gasteiger partial charge in [0.1, 0.15) is 10.6 Å². The minimum absolute atomic E-state index is 0.284. The molecule has 4 nitrogen and oxygen atoms in total. The van der Waals surface area contributed by atoms with Crippen LogP contribution in [0.4, 0.5) is 18.9 Å². The molecule has 2 aromatic carbocycles. The van der Waals surface area contributed by atoms with Gasteiger partial charge in [-0.25, -0.2) is 8.42 Å². The summed E-state index contributed by atoms with van der Waals surface area (Å²) >= 11 is 2.07. The third-order valence-corrected chi connectivity index (χ3v) is 4.87. The average Bonchev–Trinajstić information content (AvgIpc) is 2.40. The SMILES string of the molecule is Cc1cc(I)ccc1NS(=O)(=O)c1ccccc1OC(F)(F)F. The molecule has 0 saturated carbocycles. The van der Waals surface area contributed by atoms with Crippen LogP contribution in [0, 0.1) is 10.5 Å². The van der Waals surface area contributed by atoms with E-state index in [-0.39, 0.29) is 5.69 Å². The van der Waals surface area contributed by atoms with E-state index in [9.17, 15) is 21.6 Å². The number of rotatable bonds is 4. The Labute approximate surface area is 144 Å². The molecule has 2 rings (SSSR count). The maximum absolute atomic E-state index is 12.4. The minimum Gasteiger partial charge on any atom is -0.404 e. The van der Waals surface area contributed by atoms with Crippen molar-refractivity contribution in [3.63, 3.8) is 0 Å². The van der Waals surface area contributed by atoms with Crippen LogP contribution < -0.4 is 9.46 Å². The lowest BCUT2D eigenvalue weighted by atomic mass is 10.2. The molecular weight excluding hydrogens is 446 g/mol. The van der Waals surface area contributed by atoms with Gasteiger partial charge >= 0.3 is 6.36 Å². The standard InChI is InChI=1S/C14H11F3INO3S/c1-9-8-10(18)6-7-11(9)19-23(20,21)13-5-3-2-4-12(13)22-14(15,16)17/h2-8,19H,1H3. The molecule has 0 amide bonds. The van der Waals surface area contributed by atoms with Gasteiger partial charge < -0.3 is 4.74 Å². The van der Waals surface area contributed by atoms with Gasteiger partial charge in [0.15, 0.2) is 0 Å². The summed E-state index contributed by atoms with van der Waals surface area (Å²) in [5, 5.41) is 0. The van der Waals surface area contributed by atoms with Crippen molar-refractivity contribution in [3.05, 3.63) is 51.6 Å². The van der Waals surface area contributed by atoms with E-state index >= 15 is 0 Å². The van der Waals surface area contributed by atoms with E-state index in [1.807, 2.05) is 0 Å². The Morgan fingerprint density at radius 3 is 2.39 bits per heavy atom. The van der Waals surface area contributed by atoms with Crippen LogP contribution in [0.25, 0.3) is 0 Å². The molecule has 0 spiro atoms. The lowest BCUT2D eigenvalue weighted by Crippen LogP contribution is -2.21. The monoisotopic (exact) mass is 457 g/mol. The molecule has 0 aromatic heterocycles. The van der Waals surface area contributed by atoms with Crippen LogP contribution in [-0.4, -0.2) is 14.8 Å². The fourth-order valence-electron chi connectivity index (χ4n) is 1.82. The Bertz CT molecular complexity index is 822. The Morgan fingerprint density at radius 1 is 1.13 bits per heavy atom. The second kappa shape index (κ2) is 6.56. The lowest BCUT2D eigenvalue weighted by molar-refractivity contribution is -0.275. The Hall–Kier alpha value is -1.49. The first-order valence-corrected chi connectivity index (χ1v) is 8.78. The largest absolute Gasteiger partial charge is 0.573 e. The predicted molar refractivity (Wildman–Crippen MR) is 87.8 cm³/mol. The number of hydrogen-bond acceptors (Lipinski definition) is 3. The number of sulfonamides is 1. The number of alkyl halides is 3. The Morgan fingerprint density at radius 2 is 1.78 bits per heavy atom. The molecule has 0 aliphatic heterocycles. The van der Waals surface area contributed by atoms with Crippen molar-refractivity contribution in [2.24, 2.45) is 0 Å². The molecule has 0 aliphatic rings. The highest BCUT2D eigenvalue weighted by molar-refractivity contribution is 14.1. The summed E-state index contributed by atoms with van der Waals surface area (Å²) in [7, 11) is -4.23. The normalized spacial score (nSPS) is 12.0.